The first-order valence-corrected chi connectivity index (χ1v) is 8.44. The molecule has 10 heteroatoms. The number of imidazole rings is 1. The van der Waals surface area contributed by atoms with Gasteiger partial charge in [-0.25, -0.2) is 4.98 Å². The molecule has 0 aromatic carbocycles. The van der Waals surface area contributed by atoms with Crippen molar-refractivity contribution in [2.24, 2.45) is 0 Å². The summed E-state index contributed by atoms with van der Waals surface area (Å²) >= 11 is 0. The van der Waals surface area contributed by atoms with E-state index in [-0.39, 0.29) is 18.9 Å². The molecular formula is C16H20F3N5O2. The monoisotopic (exact) mass is 371 g/mol. The van der Waals surface area contributed by atoms with Gasteiger partial charge in [-0.1, -0.05) is 5.16 Å². The first-order chi connectivity index (χ1) is 12.3. The Kier molecular flexibility index (Phi) is 5.30. The quantitative estimate of drug-likeness (QED) is 0.763. The molecule has 3 rings (SSSR count). The van der Waals surface area contributed by atoms with Crippen LogP contribution >= 0.6 is 0 Å². The Bertz CT molecular complexity index is 781. The molecule has 0 bridgehead atoms. The van der Waals surface area contributed by atoms with Crippen LogP contribution in [0.5, 0.6) is 0 Å². The molecule has 142 valence electrons. The van der Waals surface area contributed by atoms with Crippen molar-refractivity contribution in [2.75, 3.05) is 11.9 Å². The molecule has 0 saturated carbocycles. The van der Waals surface area contributed by atoms with E-state index in [0.717, 1.165) is 12.8 Å². The Hall–Kier alpha value is -2.36. The van der Waals surface area contributed by atoms with E-state index in [1.54, 1.807) is 13.0 Å². The van der Waals surface area contributed by atoms with Gasteiger partial charge in [0.15, 0.2) is 5.82 Å². The van der Waals surface area contributed by atoms with Crippen molar-refractivity contribution in [3.8, 4) is 0 Å². The van der Waals surface area contributed by atoms with Crippen LogP contribution in [0.15, 0.2) is 10.6 Å². The number of aryl methyl sites for hydroxylation is 1. The number of carbonyl (C=O) groups excluding carboxylic acids is 1. The number of alkyl halides is 3. The molecule has 1 aliphatic heterocycles. The molecule has 0 unspecified atom stereocenters. The van der Waals surface area contributed by atoms with Crippen LogP contribution in [0, 0.1) is 6.92 Å². The Morgan fingerprint density at radius 2 is 2.19 bits per heavy atom. The number of aromatic nitrogens is 3. The normalized spacial score (nSPS) is 14.3. The zero-order chi connectivity index (χ0) is 18.7. The van der Waals surface area contributed by atoms with Crippen molar-refractivity contribution in [1.29, 1.82) is 0 Å². The highest BCUT2D eigenvalue weighted by molar-refractivity contribution is 5.89. The summed E-state index contributed by atoms with van der Waals surface area (Å²) in [7, 11) is 0. The van der Waals surface area contributed by atoms with E-state index in [1.807, 2.05) is 0 Å². The second kappa shape index (κ2) is 7.48. The maximum atomic E-state index is 13.1. The summed E-state index contributed by atoms with van der Waals surface area (Å²) in [6, 6.07) is 1.60. The fraction of sp³-hybridized carbons (Fsp3) is 0.562. The average molecular weight is 371 g/mol. The summed E-state index contributed by atoms with van der Waals surface area (Å²) in [4.78, 5) is 15.6. The molecule has 2 aromatic rings. The molecular weight excluding hydrogens is 351 g/mol. The van der Waals surface area contributed by atoms with Gasteiger partial charge in [0, 0.05) is 37.8 Å². The molecule has 2 aromatic heterocycles. The summed E-state index contributed by atoms with van der Waals surface area (Å²) in [5.41, 5.74) is 1.04. The number of hydrogen-bond acceptors (Lipinski definition) is 5. The number of halogens is 3. The maximum Gasteiger partial charge on any atom is 0.449 e. The SMILES string of the molecule is Cc1cc(NC(=O)CCNCc2nc(C(F)(F)F)n3c2CCCC3)no1. The molecule has 1 amide bonds. The maximum absolute atomic E-state index is 13.1. The van der Waals surface area contributed by atoms with Crippen LogP contribution in [0.4, 0.5) is 19.0 Å². The largest absolute Gasteiger partial charge is 0.449 e. The van der Waals surface area contributed by atoms with Gasteiger partial charge in [0.1, 0.15) is 5.76 Å². The summed E-state index contributed by atoms with van der Waals surface area (Å²) in [5.74, 6) is -0.161. The van der Waals surface area contributed by atoms with Crippen LogP contribution in [-0.4, -0.2) is 27.2 Å². The van der Waals surface area contributed by atoms with E-state index in [2.05, 4.69) is 20.8 Å². The van der Waals surface area contributed by atoms with Gasteiger partial charge in [0.05, 0.1) is 5.69 Å². The number of anilines is 1. The molecule has 26 heavy (non-hydrogen) atoms. The highest BCUT2D eigenvalue weighted by Gasteiger charge is 2.39. The van der Waals surface area contributed by atoms with E-state index in [9.17, 15) is 18.0 Å². The fourth-order valence-corrected chi connectivity index (χ4v) is 3.02. The highest BCUT2D eigenvalue weighted by Crippen LogP contribution is 2.32. The number of amides is 1. The van der Waals surface area contributed by atoms with Crippen LogP contribution in [0.1, 0.15) is 42.2 Å². The van der Waals surface area contributed by atoms with Crippen molar-refractivity contribution in [3.05, 3.63) is 29.0 Å². The topological polar surface area (TPSA) is 85.0 Å². The van der Waals surface area contributed by atoms with Gasteiger partial charge in [-0.2, -0.15) is 13.2 Å². The number of nitrogens with zero attached hydrogens (tertiary/aromatic N) is 3. The van der Waals surface area contributed by atoms with Crippen molar-refractivity contribution in [1.82, 2.24) is 20.0 Å². The van der Waals surface area contributed by atoms with Gasteiger partial charge in [-0.05, 0) is 26.2 Å². The van der Waals surface area contributed by atoms with Crippen LogP contribution in [-0.2, 0) is 30.5 Å². The predicted octanol–water partition coefficient (Wildman–Crippen LogP) is 2.65. The van der Waals surface area contributed by atoms with Crippen molar-refractivity contribution in [3.63, 3.8) is 0 Å². The van der Waals surface area contributed by atoms with Gasteiger partial charge in [-0.3, -0.25) is 4.79 Å². The Balaban J connectivity index is 1.53. The van der Waals surface area contributed by atoms with Crippen LogP contribution in [0.2, 0.25) is 0 Å². The summed E-state index contributed by atoms with van der Waals surface area (Å²) in [6.07, 6.45) is -2.13. The van der Waals surface area contributed by atoms with Gasteiger partial charge in [-0.15, -0.1) is 0 Å². The van der Waals surface area contributed by atoms with E-state index in [4.69, 9.17) is 4.52 Å². The Morgan fingerprint density at radius 3 is 2.88 bits per heavy atom. The van der Waals surface area contributed by atoms with Gasteiger partial charge in [0.25, 0.3) is 0 Å². The number of carbonyl (C=O) groups is 1. The molecule has 0 atom stereocenters. The Labute approximate surface area is 147 Å². The van der Waals surface area contributed by atoms with Crippen molar-refractivity contribution >= 4 is 11.7 Å². The number of nitrogens with one attached hydrogen (secondary N) is 2. The highest BCUT2D eigenvalue weighted by atomic mass is 19.4. The van der Waals surface area contributed by atoms with Gasteiger partial charge in [0.2, 0.25) is 11.7 Å². The molecule has 0 aliphatic carbocycles. The zero-order valence-corrected chi connectivity index (χ0v) is 14.3. The van der Waals surface area contributed by atoms with Crippen molar-refractivity contribution in [2.45, 2.75) is 51.9 Å². The third kappa shape index (κ3) is 4.24. The van der Waals surface area contributed by atoms with Gasteiger partial charge < -0.3 is 19.7 Å². The Morgan fingerprint density at radius 1 is 1.38 bits per heavy atom. The first kappa shape index (κ1) is 18.4. The second-order valence-electron chi connectivity index (χ2n) is 6.23. The summed E-state index contributed by atoms with van der Waals surface area (Å²) in [5, 5.41) is 9.23. The van der Waals surface area contributed by atoms with Crippen molar-refractivity contribution < 1.29 is 22.5 Å². The molecule has 1 aliphatic rings. The van der Waals surface area contributed by atoms with Crippen LogP contribution in [0.3, 0.4) is 0 Å². The first-order valence-electron chi connectivity index (χ1n) is 8.44. The molecule has 7 nitrogen and oxygen atoms in total. The lowest BCUT2D eigenvalue weighted by atomic mass is 10.1. The van der Waals surface area contributed by atoms with E-state index >= 15 is 0 Å². The third-order valence-corrected chi connectivity index (χ3v) is 4.17. The lowest BCUT2D eigenvalue weighted by Crippen LogP contribution is -2.22. The number of hydrogen-bond donors (Lipinski definition) is 2. The molecule has 3 heterocycles. The average Bonchev–Trinajstić information content (AvgIpc) is 3.15. The molecule has 0 spiro atoms. The minimum atomic E-state index is -4.46. The third-order valence-electron chi connectivity index (χ3n) is 4.17. The lowest BCUT2D eigenvalue weighted by Gasteiger charge is -2.18. The van der Waals surface area contributed by atoms with E-state index < -0.39 is 12.0 Å². The van der Waals surface area contributed by atoms with E-state index in [1.165, 1.54) is 4.57 Å². The number of rotatable bonds is 6. The minimum absolute atomic E-state index is 0.161. The standard InChI is InChI=1S/C16H20F3N5O2/c1-10-8-13(23-26-10)22-14(25)5-6-20-9-11-12-4-2-3-7-24(12)15(21-11)16(17,18)19/h8,20H,2-7,9H2,1H3,(H,22,23,25). The smallest absolute Gasteiger partial charge is 0.360 e. The predicted molar refractivity (Wildman–Crippen MR) is 86.4 cm³/mol. The fourth-order valence-electron chi connectivity index (χ4n) is 3.02. The zero-order valence-electron chi connectivity index (χ0n) is 14.3. The molecule has 0 fully saturated rings. The summed E-state index contributed by atoms with van der Waals surface area (Å²) < 4.78 is 45.5. The molecule has 2 N–H and O–H groups in total. The lowest BCUT2D eigenvalue weighted by molar-refractivity contribution is -0.147. The van der Waals surface area contributed by atoms with E-state index in [0.29, 0.717) is 42.5 Å². The summed E-state index contributed by atoms with van der Waals surface area (Å²) in [6.45, 7) is 2.57. The van der Waals surface area contributed by atoms with Crippen LogP contribution < -0.4 is 10.6 Å². The van der Waals surface area contributed by atoms with Crippen LogP contribution in [0.25, 0.3) is 0 Å². The molecule has 0 radical (unpaired) electrons. The minimum Gasteiger partial charge on any atom is -0.360 e. The number of fused-ring (bicyclic) bond motifs is 1. The second-order valence-corrected chi connectivity index (χ2v) is 6.23. The molecule has 0 saturated heterocycles. The van der Waals surface area contributed by atoms with Gasteiger partial charge >= 0.3 is 6.18 Å².